The molecule has 1 fully saturated rings. The van der Waals surface area contributed by atoms with E-state index in [0.717, 1.165) is 18.8 Å². The van der Waals surface area contributed by atoms with Crippen molar-refractivity contribution in [2.24, 2.45) is 0 Å². The lowest BCUT2D eigenvalue weighted by Gasteiger charge is -2.28. The van der Waals surface area contributed by atoms with Crippen LogP contribution in [0.25, 0.3) is 22.1 Å². The molecule has 1 saturated heterocycles. The molecule has 1 aliphatic rings. The normalized spacial score (nSPS) is 16.8. The highest BCUT2D eigenvalue weighted by Crippen LogP contribution is 2.30. The van der Waals surface area contributed by atoms with Crippen LogP contribution >= 0.6 is 0 Å². The molecule has 92 valence electrons. The van der Waals surface area contributed by atoms with Crippen molar-refractivity contribution in [1.29, 1.82) is 0 Å². The molecule has 3 heterocycles. The predicted molar refractivity (Wildman–Crippen MR) is 60.2 cm³/mol. The zero-order chi connectivity index (χ0) is 11.9. The number of nitrogens with zero attached hydrogens (tertiary/aromatic N) is 5. The van der Waals surface area contributed by atoms with E-state index in [1.165, 1.54) is 0 Å². The van der Waals surface area contributed by atoms with Gasteiger partial charge in [-0.05, 0) is 26.7 Å². The molecule has 3 aromatic rings. The molecule has 0 bridgehead atoms. The van der Waals surface area contributed by atoms with Crippen molar-refractivity contribution >= 4 is 27.8 Å². The van der Waals surface area contributed by atoms with E-state index < -0.39 is 0 Å². The molecule has 0 radical (unpaired) electrons. The fraction of sp³-hybridized carbons (Fsp3) is 0.400. The van der Waals surface area contributed by atoms with Gasteiger partial charge >= 0.3 is 0 Å². The van der Waals surface area contributed by atoms with E-state index in [-0.39, 0.29) is 0 Å². The molecule has 0 aliphatic carbocycles. The van der Waals surface area contributed by atoms with Crippen LogP contribution in [0.2, 0.25) is 0 Å². The van der Waals surface area contributed by atoms with Crippen LogP contribution in [0.5, 0.6) is 0 Å². The number of hydrogen-bond donors (Lipinski definition) is 0. The van der Waals surface area contributed by atoms with Gasteiger partial charge in [-0.1, -0.05) is 0 Å². The molecule has 1 aromatic carbocycles. The summed E-state index contributed by atoms with van der Waals surface area (Å²) in [6, 6.07) is 1.89. The lowest BCUT2D eigenvalue weighted by molar-refractivity contribution is 0.123. The average Bonchev–Trinajstić information content (AvgIpc) is 3.06. The highest BCUT2D eigenvalue weighted by atomic mass is 16.6. The van der Waals surface area contributed by atoms with Crippen LogP contribution in [0.15, 0.2) is 15.3 Å². The Balaban J connectivity index is 1.97. The van der Waals surface area contributed by atoms with Gasteiger partial charge in [0.1, 0.15) is 5.52 Å². The Labute approximate surface area is 100 Å². The van der Waals surface area contributed by atoms with Crippen LogP contribution in [0.3, 0.4) is 0 Å². The zero-order valence-electron chi connectivity index (χ0n) is 9.37. The Morgan fingerprint density at radius 3 is 2.50 bits per heavy atom. The molecular weight excluding hydrogens is 238 g/mol. The first-order chi connectivity index (χ1) is 8.93. The molecule has 0 N–H and O–H groups in total. The van der Waals surface area contributed by atoms with Gasteiger partial charge < -0.3 is 9.64 Å². The van der Waals surface area contributed by atoms with Gasteiger partial charge in [0.2, 0.25) is 0 Å². The van der Waals surface area contributed by atoms with E-state index in [2.05, 4.69) is 25.5 Å². The minimum atomic E-state index is 0.572. The number of anilines is 1. The highest BCUT2D eigenvalue weighted by Gasteiger charge is 2.21. The number of hydrogen-bond acceptors (Lipinski definition) is 8. The third-order valence-electron chi connectivity index (χ3n) is 3.09. The summed E-state index contributed by atoms with van der Waals surface area (Å²) < 4.78 is 14.9. The monoisotopic (exact) mass is 247 g/mol. The minimum Gasteiger partial charge on any atom is -0.378 e. The van der Waals surface area contributed by atoms with Crippen LogP contribution < -0.4 is 4.90 Å². The van der Waals surface area contributed by atoms with Gasteiger partial charge in [-0.2, -0.15) is 0 Å². The van der Waals surface area contributed by atoms with Gasteiger partial charge in [-0.15, -0.1) is 0 Å². The lowest BCUT2D eigenvalue weighted by Crippen LogP contribution is -2.36. The summed E-state index contributed by atoms with van der Waals surface area (Å²) in [5, 5.41) is 15.5. The van der Waals surface area contributed by atoms with Crippen LogP contribution in [-0.4, -0.2) is 46.9 Å². The van der Waals surface area contributed by atoms with Gasteiger partial charge in [0.15, 0.2) is 16.6 Å². The number of fused-ring (bicyclic) bond motifs is 3. The van der Waals surface area contributed by atoms with Gasteiger partial charge in [-0.3, -0.25) is 0 Å². The third-order valence-corrected chi connectivity index (χ3v) is 3.09. The SMILES string of the molecule is c1c(N2CCOCC2)c2nonc2c2nonc12. The standard InChI is InChI=1S/C10H9N5O3/c1-3-16-4-2-15(1)7-5-6-8(12-17-11-6)10-9(7)13-18-14-10/h5H,1-4H2. The Bertz CT molecular complexity index is 700. The first kappa shape index (κ1) is 9.77. The molecule has 4 rings (SSSR count). The van der Waals surface area contributed by atoms with E-state index in [1.807, 2.05) is 6.07 Å². The van der Waals surface area contributed by atoms with Crippen LogP contribution in [0, 0.1) is 0 Å². The number of morpholine rings is 1. The fourth-order valence-corrected chi connectivity index (χ4v) is 2.21. The maximum absolute atomic E-state index is 5.34. The van der Waals surface area contributed by atoms with Crippen molar-refractivity contribution in [2.75, 3.05) is 31.2 Å². The molecule has 18 heavy (non-hydrogen) atoms. The fourth-order valence-electron chi connectivity index (χ4n) is 2.21. The number of benzene rings is 1. The third kappa shape index (κ3) is 1.29. The van der Waals surface area contributed by atoms with Crippen LogP contribution in [0.1, 0.15) is 0 Å². The molecule has 8 heteroatoms. The minimum absolute atomic E-state index is 0.572. The van der Waals surface area contributed by atoms with E-state index in [0.29, 0.717) is 35.3 Å². The lowest BCUT2D eigenvalue weighted by atomic mass is 10.2. The summed E-state index contributed by atoms with van der Waals surface area (Å²) in [5.74, 6) is 0. The zero-order valence-corrected chi connectivity index (χ0v) is 9.37. The Morgan fingerprint density at radius 1 is 0.889 bits per heavy atom. The molecule has 0 spiro atoms. The van der Waals surface area contributed by atoms with Crippen LogP contribution in [0.4, 0.5) is 5.69 Å². The summed E-state index contributed by atoms with van der Waals surface area (Å²) in [5.41, 5.74) is 3.41. The topological polar surface area (TPSA) is 90.3 Å². The first-order valence-corrected chi connectivity index (χ1v) is 5.64. The van der Waals surface area contributed by atoms with Gasteiger partial charge in [0, 0.05) is 13.1 Å². The second-order valence-electron chi connectivity index (χ2n) is 4.09. The molecular formula is C10H9N5O3. The Hall–Kier alpha value is -2.22. The second kappa shape index (κ2) is 3.64. The molecule has 0 saturated carbocycles. The van der Waals surface area contributed by atoms with Crippen molar-refractivity contribution in [1.82, 2.24) is 20.6 Å². The molecule has 0 unspecified atom stereocenters. The van der Waals surface area contributed by atoms with Crippen molar-refractivity contribution in [2.45, 2.75) is 0 Å². The van der Waals surface area contributed by atoms with Gasteiger partial charge in [0.25, 0.3) is 0 Å². The van der Waals surface area contributed by atoms with Crippen LogP contribution in [-0.2, 0) is 4.74 Å². The van der Waals surface area contributed by atoms with E-state index in [9.17, 15) is 0 Å². The second-order valence-corrected chi connectivity index (χ2v) is 4.09. The van der Waals surface area contributed by atoms with Gasteiger partial charge in [0.05, 0.1) is 18.9 Å². The highest BCUT2D eigenvalue weighted by molar-refractivity contribution is 6.05. The van der Waals surface area contributed by atoms with E-state index >= 15 is 0 Å². The summed E-state index contributed by atoms with van der Waals surface area (Å²) in [4.78, 5) is 2.17. The maximum atomic E-state index is 5.34. The molecule has 8 nitrogen and oxygen atoms in total. The van der Waals surface area contributed by atoms with E-state index in [4.69, 9.17) is 14.0 Å². The van der Waals surface area contributed by atoms with Gasteiger partial charge in [-0.25, -0.2) is 9.26 Å². The summed E-state index contributed by atoms with van der Waals surface area (Å²) in [7, 11) is 0. The van der Waals surface area contributed by atoms with E-state index in [1.54, 1.807) is 0 Å². The summed E-state index contributed by atoms with van der Waals surface area (Å²) in [6.07, 6.45) is 0. The van der Waals surface area contributed by atoms with Crippen molar-refractivity contribution in [3.8, 4) is 0 Å². The number of aromatic nitrogens is 4. The Morgan fingerprint density at radius 2 is 1.61 bits per heavy atom. The average molecular weight is 247 g/mol. The number of ether oxygens (including phenoxy) is 1. The number of rotatable bonds is 1. The largest absolute Gasteiger partial charge is 0.378 e. The summed E-state index contributed by atoms with van der Waals surface area (Å²) in [6.45, 7) is 3.00. The quantitative estimate of drug-likeness (QED) is 0.617. The molecule has 1 aliphatic heterocycles. The predicted octanol–water partition coefficient (Wildman–Crippen LogP) is 0.596. The maximum Gasteiger partial charge on any atom is 0.168 e. The molecule has 0 atom stereocenters. The van der Waals surface area contributed by atoms with Crippen molar-refractivity contribution < 1.29 is 14.0 Å². The van der Waals surface area contributed by atoms with Crippen molar-refractivity contribution in [3.63, 3.8) is 0 Å². The first-order valence-electron chi connectivity index (χ1n) is 5.64. The smallest absolute Gasteiger partial charge is 0.168 e. The molecule has 0 amide bonds. The molecule has 2 aromatic heterocycles. The summed E-state index contributed by atoms with van der Waals surface area (Å²) >= 11 is 0. The van der Waals surface area contributed by atoms with Crippen molar-refractivity contribution in [3.05, 3.63) is 6.07 Å². The Kier molecular flexibility index (Phi) is 1.97.